The Bertz CT molecular complexity index is 460. The Balaban J connectivity index is 2.98. The molecule has 0 heterocycles. The van der Waals surface area contributed by atoms with Crippen molar-refractivity contribution in [1.82, 2.24) is 0 Å². The molecule has 0 bridgehead atoms. The summed E-state index contributed by atoms with van der Waals surface area (Å²) in [5, 5.41) is 9.61. The Morgan fingerprint density at radius 1 is 1.33 bits per heavy atom. The molecule has 2 nitrogen and oxygen atoms in total. The highest BCUT2D eigenvalue weighted by molar-refractivity contribution is 6.49. The quantitative estimate of drug-likeness (QED) is 0.694. The molecule has 0 fully saturated rings. The Hall–Kier alpha value is -1.46. The predicted molar refractivity (Wildman–Crippen MR) is 75.5 cm³/mol. The third kappa shape index (κ3) is 4.09. The van der Waals surface area contributed by atoms with Gasteiger partial charge in [-0.05, 0) is 30.5 Å². The average molecular weight is 264 g/mol. The van der Waals surface area contributed by atoms with Crippen LogP contribution in [-0.2, 0) is 0 Å². The van der Waals surface area contributed by atoms with Gasteiger partial charge in [0.05, 0.1) is 17.7 Å². The van der Waals surface area contributed by atoms with Crippen molar-refractivity contribution in [2.75, 3.05) is 6.61 Å². The summed E-state index contributed by atoms with van der Waals surface area (Å²) in [4.78, 5) is 0. The van der Waals surface area contributed by atoms with Crippen LogP contribution in [0.25, 0.3) is 5.03 Å². The van der Waals surface area contributed by atoms with Crippen molar-refractivity contribution in [3.8, 4) is 11.8 Å². The van der Waals surface area contributed by atoms with Gasteiger partial charge in [0.15, 0.2) is 0 Å². The lowest BCUT2D eigenvalue weighted by Gasteiger charge is -2.07. The van der Waals surface area contributed by atoms with Gasteiger partial charge in [0.2, 0.25) is 0 Å². The lowest BCUT2D eigenvalue weighted by Crippen LogP contribution is -1.95. The fraction of sp³-hybridized carbons (Fsp3) is 0.400. The van der Waals surface area contributed by atoms with Gasteiger partial charge in [0.25, 0.3) is 0 Å². The topological polar surface area (TPSA) is 33.0 Å². The molecule has 0 saturated heterocycles. The minimum absolute atomic E-state index is 0.529. The Labute approximate surface area is 114 Å². The minimum atomic E-state index is 0.529. The van der Waals surface area contributed by atoms with Crippen LogP contribution in [0.3, 0.4) is 0 Å². The van der Waals surface area contributed by atoms with Crippen LogP contribution >= 0.6 is 11.6 Å². The van der Waals surface area contributed by atoms with E-state index in [0.717, 1.165) is 24.2 Å². The van der Waals surface area contributed by atoms with Crippen molar-refractivity contribution in [3.05, 3.63) is 35.4 Å². The fourth-order valence-corrected chi connectivity index (χ4v) is 1.84. The van der Waals surface area contributed by atoms with Crippen LogP contribution in [0, 0.1) is 11.3 Å². The fourth-order valence-electron chi connectivity index (χ4n) is 1.58. The van der Waals surface area contributed by atoms with E-state index in [1.54, 1.807) is 0 Å². The number of ether oxygens (including phenoxy) is 1. The molecule has 1 aromatic carbocycles. The van der Waals surface area contributed by atoms with Crippen LogP contribution in [0.2, 0.25) is 0 Å². The molecule has 0 radical (unpaired) electrons. The summed E-state index contributed by atoms with van der Waals surface area (Å²) in [7, 11) is 0. The molecule has 0 aromatic heterocycles. The Kier molecular flexibility index (Phi) is 6.32. The number of hydrogen-bond acceptors (Lipinski definition) is 2. The summed E-state index contributed by atoms with van der Waals surface area (Å²) in [5.74, 6) is 0.793. The van der Waals surface area contributed by atoms with Gasteiger partial charge in [-0.25, -0.2) is 0 Å². The summed E-state index contributed by atoms with van der Waals surface area (Å²) in [6, 6.07) is 9.74. The second-order valence-corrected chi connectivity index (χ2v) is 4.41. The summed E-state index contributed by atoms with van der Waals surface area (Å²) in [6.45, 7) is 4.78. The molecule has 0 aliphatic carbocycles. The third-order valence-corrected chi connectivity index (χ3v) is 2.91. The highest BCUT2D eigenvalue weighted by Gasteiger charge is 2.07. The number of nitriles is 1. The van der Waals surface area contributed by atoms with Gasteiger partial charge in [0.1, 0.15) is 5.75 Å². The molecule has 0 aliphatic rings. The van der Waals surface area contributed by atoms with E-state index in [1.807, 2.05) is 31.2 Å². The Morgan fingerprint density at radius 3 is 2.72 bits per heavy atom. The van der Waals surface area contributed by atoms with Crippen LogP contribution in [0.1, 0.15) is 38.7 Å². The molecule has 0 aliphatic heterocycles. The zero-order valence-corrected chi connectivity index (χ0v) is 11.6. The first-order chi connectivity index (χ1) is 8.72. The van der Waals surface area contributed by atoms with Gasteiger partial charge in [0, 0.05) is 5.57 Å². The second-order valence-electron chi connectivity index (χ2n) is 4.03. The van der Waals surface area contributed by atoms with Crippen LogP contribution in [0.5, 0.6) is 5.75 Å². The van der Waals surface area contributed by atoms with Crippen LogP contribution < -0.4 is 4.74 Å². The third-order valence-electron chi connectivity index (χ3n) is 2.46. The maximum Gasteiger partial charge on any atom is 0.119 e. The van der Waals surface area contributed by atoms with Gasteiger partial charge in [-0.15, -0.1) is 0 Å². The minimum Gasteiger partial charge on any atom is -0.494 e. The van der Waals surface area contributed by atoms with E-state index in [1.165, 1.54) is 0 Å². The van der Waals surface area contributed by atoms with Gasteiger partial charge >= 0.3 is 0 Å². The first-order valence-corrected chi connectivity index (χ1v) is 6.62. The SMILES string of the molecule is CCCOc1cccc(C(Cl)=C(C#N)CCC)c1. The van der Waals surface area contributed by atoms with Gasteiger partial charge in [-0.3, -0.25) is 0 Å². The van der Waals surface area contributed by atoms with E-state index < -0.39 is 0 Å². The number of rotatable bonds is 6. The summed E-state index contributed by atoms with van der Waals surface area (Å²) >= 11 is 6.26. The first kappa shape index (κ1) is 14.6. The summed E-state index contributed by atoms with van der Waals surface area (Å²) in [5.41, 5.74) is 1.47. The van der Waals surface area contributed by atoms with Crippen molar-refractivity contribution in [2.45, 2.75) is 33.1 Å². The molecule has 96 valence electrons. The van der Waals surface area contributed by atoms with Gasteiger partial charge < -0.3 is 4.74 Å². The van der Waals surface area contributed by atoms with E-state index in [9.17, 15) is 0 Å². The number of benzene rings is 1. The standard InChI is InChI=1S/C15H18ClNO/c1-3-6-13(11-17)15(16)12-7-5-8-14(10-12)18-9-4-2/h5,7-8,10H,3-4,6,9H2,1-2H3. The van der Waals surface area contributed by atoms with Crippen LogP contribution in [0.15, 0.2) is 29.8 Å². The smallest absolute Gasteiger partial charge is 0.119 e. The molecule has 0 atom stereocenters. The zero-order chi connectivity index (χ0) is 13.4. The molecule has 18 heavy (non-hydrogen) atoms. The molecule has 0 amide bonds. The number of allylic oxidation sites excluding steroid dienone is 1. The first-order valence-electron chi connectivity index (χ1n) is 6.24. The molecule has 1 aromatic rings. The Morgan fingerprint density at radius 2 is 2.11 bits per heavy atom. The van der Waals surface area contributed by atoms with Crippen molar-refractivity contribution in [3.63, 3.8) is 0 Å². The monoisotopic (exact) mass is 263 g/mol. The van der Waals surface area contributed by atoms with E-state index in [4.69, 9.17) is 21.6 Å². The maximum atomic E-state index is 9.08. The largest absolute Gasteiger partial charge is 0.494 e. The molecule has 3 heteroatoms. The van der Waals surface area contributed by atoms with Gasteiger partial charge in [-0.1, -0.05) is 44.0 Å². The van der Waals surface area contributed by atoms with Gasteiger partial charge in [-0.2, -0.15) is 5.26 Å². The maximum absolute atomic E-state index is 9.08. The molecule has 0 saturated carbocycles. The predicted octanol–water partition coefficient (Wildman–Crippen LogP) is 4.75. The van der Waals surface area contributed by atoms with Crippen molar-refractivity contribution in [1.29, 1.82) is 5.26 Å². The van der Waals surface area contributed by atoms with E-state index >= 15 is 0 Å². The molecule has 0 spiro atoms. The molecule has 1 rings (SSSR count). The number of halogens is 1. The normalized spacial score (nSPS) is 11.7. The van der Waals surface area contributed by atoms with Crippen molar-refractivity contribution < 1.29 is 4.74 Å². The molecule has 0 unspecified atom stereocenters. The molecular formula is C15H18ClNO. The van der Waals surface area contributed by atoms with Crippen LogP contribution in [0.4, 0.5) is 0 Å². The zero-order valence-electron chi connectivity index (χ0n) is 10.9. The van der Waals surface area contributed by atoms with E-state index in [-0.39, 0.29) is 0 Å². The average Bonchev–Trinajstić information content (AvgIpc) is 2.42. The lowest BCUT2D eigenvalue weighted by molar-refractivity contribution is 0.317. The second kappa shape index (κ2) is 7.79. The highest BCUT2D eigenvalue weighted by atomic mass is 35.5. The molecule has 0 N–H and O–H groups in total. The van der Waals surface area contributed by atoms with E-state index in [0.29, 0.717) is 23.6 Å². The van der Waals surface area contributed by atoms with Crippen LogP contribution in [-0.4, -0.2) is 6.61 Å². The summed E-state index contributed by atoms with van der Waals surface area (Å²) < 4.78 is 5.56. The number of hydrogen-bond donors (Lipinski definition) is 0. The van der Waals surface area contributed by atoms with Crippen molar-refractivity contribution >= 4 is 16.6 Å². The lowest BCUT2D eigenvalue weighted by atomic mass is 10.1. The highest BCUT2D eigenvalue weighted by Crippen LogP contribution is 2.28. The van der Waals surface area contributed by atoms with E-state index in [2.05, 4.69) is 13.0 Å². The number of nitrogens with zero attached hydrogens (tertiary/aromatic N) is 1. The molecular weight excluding hydrogens is 246 g/mol. The summed E-state index contributed by atoms with van der Waals surface area (Å²) in [6.07, 6.45) is 2.58. The van der Waals surface area contributed by atoms with Crippen molar-refractivity contribution in [2.24, 2.45) is 0 Å².